The molecule has 0 aliphatic carbocycles. The summed E-state index contributed by atoms with van der Waals surface area (Å²) in [5.74, 6) is 0.756. The number of nitrogen functional groups attached to an aromatic ring is 1. The van der Waals surface area contributed by atoms with Gasteiger partial charge in [-0.25, -0.2) is 0 Å². The van der Waals surface area contributed by atoms with Gasteiger partial charge in [0.05, 0.1) is 5.69 Å². The molecule has 1 heterocycles. The lowest BCUT2D eigenvalue weighted by molar-refractivity contribution is 1.01. The minimum Gasteiger partial charge on any atom is -0.399 e. The van der Waals surface area contributed by atoms with Crippen LogP contribution in [0.1, 0.15) is 5.56 Å². The summed E-state index contributed by atoms with van der Waals surface area (Å²) in [6.07, 6.45) is 0. The van der Waals surface area contributed by atoms with Crippen molar-refractivity contribution in [3.63, 3.8) is 0 Å². The zero-order chi connectivity index (χ0) is 14.5. The van der Waals surface area contributed by atoms with Crippen molar-refractivity contribution in [3.8, 4) is 11.3 Å². The predicted octanol–water partition coefficient (Wildman–Crippen LogP) is 3.34. The Morgan fingerprint density at radius 2 is 1.71 bits per heavy atom. The first-order valence-corrected chi connectivity index (χ1v) is 6.79. The third-order valence-corrected chi connectivity index (χ3v) is 3.16. The second kappa shape index (κ2) is 6.05. The van der Waals surface area contributed by atoms with E-state index in [1.807, 2.05) is 54.6 Å². The van der Waals surface area contributed by atoms with Crippen LogP contribution in [0.3, 0.4) is 0 Å². The molecule has 104 valence electrons. The van der Waals surface area contributed by atoms with Gasteiger partial charge in [0.2, 0.25) is 0 Å². The Morgan fingerprint density at radius 3 is 2.43 bits per heavy atom. The van der Waals surface area contributed by atoms with E-state index in [4.69, 9.17) is 5.73 Å². The number of nitrogens with two attached hydrogens (primary N) is 1. The second-order valence-electron chi connectivity index (χ2n) is 4.77. The van der Waals surface area contributed by atoms with Crippen molar-refractivity contribution in [2.75, 3.05) is 11.1 Å². The molecule has 0 unspecified atom stereocenters. The molecule has 3 rings (SSSR count). The summed E-state index contributed by atoms with van der Waals surface area (Å²) in [4.78, 5) is 0. The third kappa shape index (κ3) is 3.36. The van der Waals surface area contributed by atoms with Crippen LogP contribution < -0.4 is 11.1 Å². The summed E-state index contributed by atoms with van der Waals surface area (Å²) in [6, 6.07) is 21.7. The number of benzene rings is 2. The van der Waals surface area contributed by atoms with Crippen molar-refractivity contribution in [2.24, 2.45) is 0 Å². The molecule has 0 amide bonds. The Kier molecular flexibility index (Phi) is 3.78. The second-order valence-corrected chi connectivity index (χ2v) is 4.77. The summed E-state index contributed by atoms with van der Waals surface area (Å²) in [6.45, 7) is 0.729. The van der Waals surface area contributed by atoms with Crippen LogP contribution in [-0.4, -0.2) is 10.2 Å². The van der Waals surface area contributed by atoms with E-state index in [2.05, 4.69) is 27.6 Å². The molecule has 1 aromatic heterocycles. The van der Waals surface area contributed by atoms with Crippen LogP contribution in [-0.2, 0) is 6.54 Å². The average Bonchev–Trinajstić information content (AvgIpc) is 2.54. The van der Waals surface area contributed by atoms with Gasteiger partial charge in [0.1, 0.15) is 5.82 Å². The maximum absolute atomic E-state index is 5.78. The topological polar surface area (TPSA) is 63.8 Å². The standard InChI is InChI=1S/C17H16N4/c18-15-8-4-7-14(11-15)16-9-10-17(21-20-16)19-12-13-5-2-1-3-6-13/h1-11H,12,18H2,(H,19,21). The first-order chi connectivity index (χ1) is 10.3. The minimum atomic E-state index is 0.723. The molecule has 0 saturated carbocycles. The number of aromatic nitrogens is 2. The third-order valence-electron chi connectivity index (χ3n) is 3.16. The Labute approximate surface area is 123 Å². The molecule has 0 saturated heterocycles. The molecule has 0 radical (unpaired) electrons. The highest BCUT2D eigenvalue weighted by atomic mass is 15.2. The molecular weight excluding hydrogens is 260 g/mol. The Bertz CT molecular complexity index is 708. The molecule has 3 N–H and O–H groups in total. The van der Waals surface area contributed by atoms with E-state index in [0.29, 0.717) is 0 Å². The van der Waals surface area contributed by atoms with Gasteiger partial charge in [-0.15, -0.1) is 10.2 Å². The number of nitrogens with zero attached hydrogens (tertiary/aromatic N) is 2. The summed E-state index contributed by atoms with van der Waals surface area (Å²) in [7, 11) is 0. The summed E-state index contributed by atoms with van der Waals surface area (Å²) < 4.78 is 0. The van der Waals surface area contributed by atoms with Crippen LogP contribution in [0.5, 0.6) is 0 Å². The van der Waals surface area contributed by atoms with Crippen molar-refractivity contribution < 1.29 is 0 Å². The number of rotatable bonds is 4. The molecular formula is C17H16N4. The average molecular weight is 276 g/mol. The first kappa shape index (κ1) is 13.1. The Balaban J connectivity index is 1.69. The van der Waals surface area contributed by atoms with Gasteiger partial charge >= 0.3 is 0 Å². The molecule has 3 aromatic rings. The number of anilines is 2. The molecule has 21 heavy (non-hydrogen) atoms. The number of hydrogen-bond acceptors (Lipinski definition) is 4. The van der Waals surface area contributed by atoms with E-state index < -0.39 is 0 Å². The highest BCUT2D eigenvalue weighted by Crippen LogP contribution is 2.19. The van der Waals surface area contributed by atoms with Gasteiger partial charge in [-0.2, -0.15) is 0 Å². The van der Waals surface area contributed by atoms with E-state index in [-0.39, 0.29) is 0 Å². The van der Waals surface area contributed by atoms with E-state index >= 15 is 0 Å². The fourth-order valence-corrected chi connectivity index (χ4v) is 2.07. The van der Waals surface area contributed by atoms with Crippen LogP contribution in [0.2, 0.25) is 0 Å². The van der Waals surface area contributed by atoms with E-state index in [1.165, 1.54) is 5.56 Å². The van der Waals surface area contributed by atoms with Crippen molar-refractivity contribution in [1.82, 2.24) is 10.2 Å². The normalized spacial score (nSPS) is 10.3. The molecule has 0 aliphatic rings. The van der Waals surface area contributed by atoms with Crippen LogP contribution in [0, 0.1) is 0 Å². The van der Waals surface area contributed by atoms with Crippen LogP contribution in [0.4, 0.5) is 11.5 Å². The first-order valence-electron chi connectivity index (χ1n) is 6.79. The zero-order valence-corrected chi connectivity index (χ0v) is 11.5. The lowest BCUT2D eigenvalue weighted by Crippen LogP contribution is -2.02. The van der Waals surface area contributed by atoms with Crippen molar-refractivity contribution in [1.29, 1.82) is 0 Å². The van der Waals surface area contributed by atoms with E-state index in [0.717, 1.165) is 29.3 Å². The molecule has 0 atom stereocenters. The molecule has 0 bridgehead atoms. The molecule has 0 spiro atoms. The maximum Gasteiger partial charge on any atom is 0.148 e. The summed E-state index contributed by atoms with van der Waals surface area (Å²) in [5.41, 5.74) is 9.49. The lowest BCUT2D eigenvalue weighted by Gasteiger charge is -2.06. The van der Waals surface area contributed by atoms with E-state index in [1.54, 1.807) is 0 Å². The largest absolute Gasteiger partial charge is 0.399 e. The number of nitrogens with one attached hydrogen (secondary N) is 1. The molecule has 4 heteroatoms. The van der Waals surface area contributed by atoms with E-state index in [9.17, 15) is 0 Å². The summed E-state index contributed by atoms with van der Waals surface area (Å²) >= 11 is 0. The van der Waals surface area contributed by atoms with Crippen LogP contribution >= 0.6 is 0 Å². The maximum atomic E-state index is 5.78. The molecule has 0 fully saturated rings. The van der Waals surface area contributed by atoms with Crippen molar-refractivity contribution in [2.45, 2.75) is 6.54 Å². The Morgan fingerprint density at radius 1 is 0.857 bits per heavy atom. The fraction of sp³-hybridized carbons (Fsp3) is 0.0588. The highest BCUT2D eigenvalue weighted by Gasteiger charge is 2.01. The Hall–Kier alpha value is -2.88. The van der Waals surface area contributed by atoms with Gasteiger partial charge in [-0.1, -0.05) is 42.5 Å². The van der Waals surface area contributed by atoms with Gasteiger partial charge in [0.25, 0.3) is 0 Å². The van der Waals surface area contributed by atoms with Crippen molar-refractivity contribution >= 4 is 11.5 Å². The summed E-state index contributed by atoms with van der Waals surface area (Å²) in [5, 5.41) is 11.7. The van der Waals surface area contributed by atoms with Gasteiger partial charge in [0, 0.05) is 17.8 Å². The minimum absolute atomic E-state index is 0.723. The zero-order valence-electron chi connectivity index (χ0n) is 11.5. The SMILES string of the molecule is Nc1cccc(-c2ccc(NCc3ccccc3)nn2)c1. The van der Waals surface area contributed by atoms with Gasteiger partial charge in [-0.3, -0.25) is 0 Å². The molecule has 4 nitrogen and oxygen atoms in total. The highest BCUT2D eigenvalue weighted by molar-refractivity contribution is 5.64. The smallest absolute Gasteiger partial charge is 0.148 e. The predicted molar refractivity (Wildman–Crippen MR) is 85.6 cm³/mol. The van der Waals surface area contributed by atoms with Crippen LogP contribution in [0.25, 0.3) is 11.3 Å². The van der Waals surface area contributed by atoms with Crippen molar-refractivity contribution in [3.05, 3.63) is 72.3 Å². The monoisotopic (exact) mass is 276 g/mol. The quantitative estimate of drug-likeness (QED) is 0.717. The van der Waals surface area contributed by atoms with Gasteiger partial charge < -0.3 is 11.1 Å². The van der Waals surface area contributed by atoms with Crippen LogP contribution in [0.15, 0.2) is 66.7 Å². The fourth-order valence-electron chi connectivity index (χ4n) is 2.07. The molecule has 2 aromatic carbocycles. The van der Waals surface area contributed by atoms with Gasteiger partial charge in [0.15, 0.2) is 0 Å². The lowest BCUT2D eigenvalue weighted by atomic mass is 10.1. The molecule has 0 aliphatic heterocycles. The number of hydrogen-bond donors (Lipinski definition) is 2. The van der Waals surface area contributed by atoms with Gasteiger partial charge in [-0.05, 0) is 29.8 Å².